The molecular formula is C12H12BrN2O+. The quantitative estimate of drug-likeness (QED) is 0.635. The van der Waals surface area contributed by atoms with Crippen molar-refractivity contribution in [3.63, 3.8) is 0 Å². The van der Waals surface area contributed by atoms with Crippen LogP contribution in [0.1, 0.15) is 10.4 Å². The highest BCUT2D eigenvalue weighted by molar-refractivity contribution is 8.93. The predicted octanol–water partition coefficient (Wildman–Crippen LogP) is 1.83. The predicted molar refractivity (Wildman–Crippen MR) is 65.5 cm³/mol. The number of hydrogen-bond acceptors (Lipinski definition) is 2. The third kappa shape index (κ3) is 3.24. The normalized spacial score (nSPS) is 9.25. The minimum Gasteiger partial charge on any atom is -0.287 e. The van der Waals surface area contributed by atoms with E-state index in [1.165, 1.54) is 0 Å². The summed E-state index contributed by atoms with van der Waals surface area (Å²) in [5, 5.41) is 0. The van der Waals surface area contributed by atoms with Gasteiger partial charge in [-0.25, -0.2) is 0 Å². The average Bonchev–Trinajstić information content (AvgIpc) is 2.31. The number of carbonyl (C=O) groups is 1. The van der Waals surface area contributed by atoms with Crippen molar-refractivity contribution in [2.75, 3.05) is 0 Å². The molecule has 0 aliphatic rings. The molecule has 0 spiro atoms. The summed E-state index contributed by atoms with van der Waals surface area (Å²) in [5.74, 6) is 0.104. The van der Waals surface area contributed by atoms with E-state index in [1.807, 2.05) is 34.9 Å². The lowest BCUT2D eigenvalue weighted by atomic mass is 10.1. The second-order valence-corrected chi connectivity index (χ2v) is 3.21. The minimum atomic E-state index is 0. The van der Waals surface area contributed by atoms with Crippen LogP contribution >= 0.6 is 17.0 Å². The first kappa shape index (κ1) is 12.5. The van der Waals surface area contributed by atoms with Gasteiger partial charge in [0.05, 0.1) is 12.4 Å². The largest absolute Gasteiger partial charge is 0.287 e. The summed E-state index contributed by atoms with van der Waals surface area (Å²) in [6, 6.07) is 9.28. The highest BCUT2D eigenvalue weighted by atomic mass is 79.9. The Morgan fingerprint density at radius 3 is 2.38 bits per heavy atom. The molecule has 1 aromatic heterocycles. The van der Waals surface area contributed by atoms with Gasteiger partial charge in [-0.1, -0.05) is 30.3 Å². The summed E-state index contributed by atoms with van der Waals surface area (Å²) in [4.78, 5) is 15.7. The van der Waals surface area contributed by atoms with Crippen LogP contribution in [0.2, 0.25) is 0 Å². The fourth-order valence-corrected chi connectivity index (χ4v) is 1.33. The summed E-state index contributed by atoms with van der Waals surface area (Å²) in [7, 11) is 0. The molecule has 2 aromatic rings. The maximum Gasteiger partial charge on any atom is 0.227 e. The van der Waals surface area contributed by atoms with Crippen LogP contribution in [0.15, 0.2) is 55.1 Å². The van der Waals surface area contributed by atoms with Crippen LogP contribution < -0.4 is 4.57 Å². The number of rotatable bonds is 3. The van der Waals surface area contributed by atoms with E-state index in [1.54, 1.807) is 24.8 Å². The van der Waals surface area contributed by atoms with E-state index < -0.39 is 0 Å². The van der Waals surface area contributed by atoms with Gasteiger partial charge in [-0.2, -0.15) is 4.57 Å². The second kappa shape index (κ2) is 6.12. The van der Waals surface area contributed by atoms with Crippen LogP contribution in [0.25, 0.3) is 0 Å². The van der Waals surface area contributed by atoms with E-state index in [9.17, 15) is 4.79 Å². The van der Waals surface area contributed by atoms with E-state index in [0.29, 0.717) is 6.54 Å². The zero-order valence-corrected chi connectivity index (χ0v) is 10.3. The van der Waals surface area contributed by atoms with E-state index in [0.717, 1.165) is 5.56 Å². The van der Waals surface area contributed by atoms with Crippen molar-refractivity contribution in [1.29, 1.82) is 0 Å². The van der Waals surface area contributed by atoms with Gasteiger partial charge >= 0.3 is 0 Å². The van der Waals surface area contributed by atoms with Gasteiger partial charge in [-0.15, -0.1) is 17.0 Å². The van der Waals surface area contributed by atoms with Crippen LogP contribution in [0.4, 0.5) is 0 Å². The van der Waals surface area contributed by atoms with Gasteiger partial charge in [0.15, 0.2) is 12.4 Å². The summed E-state index contributed by atoms with van der Waals surface area (Å²) in [6.07, 6.45) is 6.89. The number of aromatic nitrogens is 2. The number of hydrogen-bond donors (Lipinski definition) is 0. The summed E-state index contributed by atoms with van der Waals surface area (Å²) in [5.41, 5.74) is 0.738. The van der Waals surface area contributed by atoms with Crippen LogP contribution in [-0.2, 0) is 6.54 Å². The lowest BCUT2D eigenvalue weighted by molar-refractivity contribution is -0.683. The molecule has 0 amide bonds. The van der Waals surface area contributed by atoms with Crippen molar-refractivity contribution in [1.82, 2.24) is 4.98 Å². The second-order valence-electron chi connectivity index (χ2n) is 3.21. The molecule has 0 aliphatic carbocycles. The summed E-state index contributed by atoms with van der Waals surface area (Å²) < 4.78 is 1.81. The lowest BCUT2D eigenvalue weighted by Gasteiger charge is -1.96. The van der Waals surface area contributed by atoms with Gasteiger partial charge in [0.1, 0.15) is 0 Å². The number of Topliss-reactive ketones (excluding diaryl/α,β-unsaturated/α-hetero) is 1. The van der Waals surface area contributed by atoms with Gasteiger partial charge in [-0.05, 0) is 0 Å². The highest BCUT2D eigenvalue weighted by Crippen LogP contribution is 1.99. The first-order valence-electron chi connectivity index (χ1n) is 4.73. The van der Waals surface area contributed by atoms with Crippen molar-refractivity contribution in [3.8, 4) is 0 Å². The minimum absolute atomic E-state index is 0. The van der Waals surface area contributed by atoms with Crippen molar-refractivity contribution < 1.29 is 9.36 Å². The van der Waals surface area contributed by atoms with Gasteiger partial charge < -0.3 is 0 Å². The first-order chi connectivity index (χ1) is 7.36. The SMILES string of the molecule is Br.O=C(C[n+]1ccncc1)c1ccccc1. The molecule has 0 N–H and O–H groups in total. The maximum atomic E-state index is 11.8. The van der Waals surface area contributed by atoms with E-state index in [-0.39, 0.29) is 22.8 Å². The third-order valence-corrected chi connectivity index (χ3v) is 2.11. The fourth-order valence-electron chi connectivity index (χ4n) is 1.33. The van der Waals surface area contributed by atoms with Gasteiger partial charge in [0.25, 0.3) is 0 Å². The molecule has 1 heterocycles. The molecular weight excluding hydrogens is 268 g/mol. The summed E-state index contributed by atoms with van der Waals surface area (Å²) >= 11 is 0. The topological polar surface area (TPSA) is 33.8 Å². The standard InChI is InChI=1S/C12H11N2O.BrH/c15-12(11-4-2-1-3-5-11)10-14-8-6-13-7-9-14;/h1-9H,10H2;1H/q+1;. The van der Waals surface area contributed by atoms with Crippen molar-refractivity contribution in [2.24, 2.45) is 0 Å². The smallest absolute Gasteiger partial charge is 0.227 e. The Labute approximate surface area is 105 Å². The van der Waals surface area contributed by atoms with Gasteiger partial charge in [0, 0.05) is 5.56 Å². The Hall–Kier alpha value is -1.55. The Bertz CT molecular complexity index is 445. The molecule has 16 heavy (non-hydrogen) atoms. The van der Waals surface area contributed by atoms with Crippen LogP contribution in [0.5, 0.6) is 0 Å². The molecule has 0 aliphatic heterocycles. The highest BCUT2D eigenvalue weighted by Gasteiger charge is 2.10. The molecule has 0 saturated heterocycles. The average molecular weight is 280 g/mol. The number of halogens is 1. The molecule has 1 aromatic carbocycles. The molecule has 0 atom stereocenters. The van der Waals surface area contributed by atoms with Crippen molar-refractivity contribution in [3.05, 3.63) is 60.7 Å². The third-order valence-electron chi connectivity index (χ3n) is 2.11. The first-order valence-corrected chi connectivity index (χ1v) is 4.73. The zero-order valence-electron chi connectivity index (χ0n) is 8.61. The van der Waals surface area contributed by atoms with E-state index in [2.05, 4.69) is 4.98 Å². The van der Waals surface area contributed by atoms with Crippen LogP contribution in [-0.4, -0.2) is 10.8 Å². The molecule has 0 radical (unpaired) electrons. The van der Waals surface area contributed by atoms with Gasteiger partial charge in [0.2, 0.25) is 12.3 Å². The van der Waals surface area contributed by atoms with E-state index >= 15 is 0 Å². The molecule has 0 unspecified atom stereocenters. The monoisotopic (exact) mass is 279 g/mol. The number of ketones is 1. The molecule has 0 fully saturated rings. The number of benzene rings is 1. The Morgan fingerprint density at radius 1 is 1.12 bits per heavy atom. The number of carbonyl (C=O) groups excluding carboxylic acids is 1. The Kier molecular flexibility index (Phi) is 4.79. The van der Waals surface area contributed by atoms with Gasteiger partial charge in [-0.3, -0.25) is 9.78 Å². The molecule has 0 bridgehead atoms. The molecule has 4 heteroatoms. The molecule has 3 nitrogen and oxygen atoms in total. The zero-order chi connectivity index (χ0) is 10.5. The fraction of sp³-hybridized carbons (Fsp3) is 0.0833. The molecule has 2 rings (SSSR count). The van der Waals surface area contributed by atoms with Crippen LogP contribution in [0.3, 0.4) is 0 Å². The molecule has 82 valence electrons. The lowest BCUT2D eigenvalue weighted by Crippen LogP contribution is -2.37. The van der Waals surface area contributed by atoms with Crippen LogP contribution in [0, 0.1) is 0 Å². The van der Waals surface area contributed by atoms with E-state index in [4.69, 9.17) is 0 Å². The number of nitrogens with zero attached hydrogens (tertiary/aromatic N) is 2. The Balaban J connectivity index is 0.00000128. The Morgan fingerprint density at radius 2 is 1.75 bits per heavy atom. The maximum absolute atomic E-state index is 11.8. The van der Waals surface area contributed by atoms with Crippen molar-refractivity contribution in [2.45, 2.75) is 6.54 Å². The molecule has 0 saturated carbocycles. The van der Waals surface area contributed by atoms with Crippen molar-refractivity contribution >= 4 is 22.8 Å². The summed E-state index contributed by atoms with van der Waals surface area (Å²) in [6.45, 7) is 0.354.